The molecule has 4 nitrogen and oxygen atoms in total. The third kappa shape index (κ3) is 2.38. The van der Waals surface area contributed by atoms with Crippen molar-refractivity contribution in [2.75, 3.05) is 5.73 Å². The van der Waals surface area contributed by atoms with Crippen LogP contribution in [0.25, 0.3) is 0 Å². The Kier molecular flexibility index (Phi) is 2.73. The molecule has 3 N–H and O–H groups in total. The Hall–Kier alpha value is -1.75. The minimum Gasteiger partial charge on any atom is -0.504 e. The van der Waals surface area contributed by atoms with Crippen LogP contribution < -0.4 is 10.5 Å². The Morgan fingerprint density at radius 1 is 1.40 bits per heavy atom. The molecule has 15 heavy (non-hydrogen) atoms. The fourth-order valence-corrected chi connectivity index (χ4v) is 1.71. The summed E-state index contributed by atoms with van der Waals surface area (Å²) in [5.74, 6) is 0.577. The number of aromatic nitrogens is 1. The Morgan fingerprint density at radius 3 is 2.87 bits per heavy atom. The number of nitrogens with zero attached hydrogens (tertiary/aromatic N) is 1. The molecular formula is C10H10N2O2S. The number of thiazole rings is 1. The van der Waals surface area contributed by atoms with Crippen LogP contribution in [-0.4, -0.2) is 10.1 Å². The first kappa shape index (κ1) is 9.79. The van der Waals surface area contributed by atoms with E-state index in [2.05, 4.69) is 4.98 Å². The number of aromatic hydroxyl groups is 1. The SMILES string of the molecule is Nc1cnc(COc2ccccc2O)s1. The average Bonchev–Trinajstić information content (AvgIpc) is 2.63. The zero-order valence-corrected chi connectivity index (χ0v) is 8.70. The van der Waals surface area contributed by atoms with Crippen molar-refractivity contribution >= 4 is 16.3 Å². The second-order valence-corrected chi connectivity index (χ2v) is 4.06. The number of hydrogen-bond donors (Lipinski definition) is 2. The van der Waals surface area contributed by atoms with Crippen LogP contribution in [0.4, 0.5) is 5.00 Å². The van der Waals surface area contributed by atoms with Crippen LogP contribution in [0.3, 0.4) is 0 Å². The lowest BCUT2D eigenvalue weighted by Crippen LogP contribution is -1.94. The third-order valence-electron chi connectivity index (χ3n) is 1.79. The van der Waals surface area contributed by atoms with Crippen LogP contribution in [0.2, 0.25) is 0 Å². The quantitative estimate of drug-likeness (QED) is 0.833. The molecule has 0 saturated carbocycles. The van der Waals surface area contributed by atoms with Gasteiger partial charge in [0.05, 0.1) is 6.20 Å². The molecule has 0 saturated heterocycles. The molecule has 0 aliphatic carbocycles. The maximum Gasteiger partial charge on any atom is 0.161 e. The number of para-hydroxylation sites is 2. The number of nitrogens with two attached hydrogens (primary N) is 1. The number of nitrogen functional groups attached to an aromatic ring is 1. The normalized spacial score (nSPS) is 10.1. The summed E-state index contributed by atoms with van der Waals surface area (Å²) >= 11 is 1.37. The predicted molar refractivity (Wildman–Crippen MR) is 59.0 cm³/mol. The van der Waals surface area contributed by atoms with E-state index >= 15 is 0 Å². The summed E-state index contributed by atoms with van der Waals surface area (Å²) in [7, 11) is 0. The summed E-state index contributed by atoms with van der Waals surface area (Å²) in [5, 5.41) is 10.9. The van der Waals surface area contributed by atoms with Gasteiger partial charge in [0.1, 0.15) is 16.6 Å². The lowest BCUT2D eigenvalue weighted by molar-refractivity contribution is 0.288. The zero-order chi connectivity index (χ0) is 10.7. The summed E-state index contributed by atoms with van der Waals surface area (Å²) < 4.78 is 5.38. The van der Waals surface area contributed by atoms with Crippen molar-refractivity contribution in [2.45, 2.75) is 6.61 Å². The summed E-state index contributed by atoms with van der Waals surface area (Å²) in [4.78, 5) is 4.05. The fourth-order valence-electron chi connectivity index (χ4n) is 1.11. The second kappa shape index (κ2) is 4.18. The Bertz CT molecular complexity index is 456. The Labute approximate surface area is 91.0 Å². The molecule has 0 aliphatic rings. The van der Waals surface area contributed by atoms with Gasteiger partial charge in [0, 0.05) is 0 Å². The molecule has 0 amide bonds. The first-order valence-electron chi connectivity index (χ1n) is 4.36. The highest BCUT2D eigenvalue weighted by Gasteiger charge is 2.03. The highest BCUT2D eigenvalue weighted by atomic mass is 32.1. The van der Waals surface area contributed by atoms with Gasteiger partial charge < -0.3 is 15.6 Å². The van der Waals surface area contributed by atoms with Crippen molar-refractivity contribution in [3.63, 3.8) is 0 Å². The molecule has 2 aromatic rings. The maximum atomic E-state index is 9.43. The molecule has 78 valence electrons. The van der Waals surface area contributed by atoms with E-state index in [1.54, 1.807) is 30.5 Å². The molecule has 5 heteroatoms. The van der Waals surface area contributed by atoms with Crippen molar-refractivity contribution in [3.8, 4) is 11.5 Å². The fraction of sp³-hybridized carbons (Fsp3) is 0.100. The van der Waals surface area contributed by atoms with Crippen LogP contribution in [0.5, 0.6) is 11.5 Å². The van der Waals surface area contributed by atoms with Crippen molar-refractivity contribution < 1.29 is 9.84 Å². The number of anilines is 1. The second-order valence-electron chi connectivity index (χ2n) is 2.91. The van der Waals surface area contributed by atoms with Gasteiger partial charge in [-0.25, -0.2) is 4.98 Å². The molecule has 0 spiro atoms. The lowest BCUT2D eigenvalue weighted by Gasteiger charge is -2.04. The van der Waals surface area contributed by atoms with Gasteiger partial charge in [0.2, 0.25) is 0 Å². The number of phenolic OH excluding ortho intramolecular Hbond substituents is 1. The first-order valence-corrected chi connectivity index (χ1v) is 5.18. The molecule has 1 aromatic carbocycles. The molecule has 0 atom stereocenters. The molecule has 1 heterocycles. The summed E-state index contributed by atoms with van der Waals surface area (Å²) in [6, 6.07) is 6.81. The zero-order valence-electron chi connectivity index (χ0n) is 7.88. The van der Waals surface area contributed by atoms with Gasteiger partial charge in [-0.3, -0.25) is 0 Å². The molecule has 0 bridgehead atoms. The highest BCUT2D eigenvalue weighted by molar-refractivity contribution is 7.15. The minimum absolute atomic E-state index is 0.127. The monoisotopic (exact) mass is 222 g/mol. The van der Waals surface area contributed by atoms with Crippen LogP contribution in [-0.2, 0) is 6.61 Å². The third-order valence-corrected chi connectivity index (χ3v) is 2.59. The van der Waals surface area contributed by atoms with E-state index in [4.69, 9.17) is 10.5 Å². The van der Waals surface area contributed by atoms with Crippen molar-refractivity contribution in [3.05, 3.63) is 35.5 Å². The van der Waals surface area contributed by atoms with Gasteiger partial charge in [0.15, 0.2) is 11.5 Å². The molecule has 2 rings (SSSR count). The average molecular weight is 222 g/mol. The van der Waals surface area contributed by atoms with Crippen LogP contribution in [0.1, 0.15) is 5.01 Å². The first-order chi connectivity index (χ1) is 7.25. The number of benzene rings is 1. The van der Waals surface area contributed by atoms with Crippen LogP contribution in [0.15, 0.2) is 30.5 Å². The van der Waals surface area contributed by atoms with E-state index < -0.39 is 0 Å². The lowest BCUT2D eigenvalue weighted by atomic mass is 10.3. The molecular weight excluding hydrogens is 212 g/mol. The number of phenols is 1. The molecule has 0 radical (unpaired) electrons. The van der Waals surface area contributed by atoms with Gasteiger partial charge in [-0.2, -0.15) is 0 Å². The van der Waals surface area contributed by atoms with Crippen LogP contribution >= 0.6 is 11.3 Å². The van der Waals surface area contributed by atoms with Gasteiger partial charge in [-0.05, 0) is 12.1 Å². The number of ether oxygens (including phenoxy) is 1. The minimum atomic E-state index is 0.127. The van der Waals surface area contributed by atoms with E-state index in [1.165, 1.54) is 11.3 Å². The summed E-state index contributed by atoms with van der Waals surface area (Å²) in [5.41, 5.74) is 5.53. The Morgan fingerprint density at radius 2 is 2.20 bits per heavy atom. The molecule has 0 fully saturated rings. The maximum absolute atomic E-state index is 9.43. The van der Waals surface area contributed by atoms with Crippen molar-refractivity contribution in [1.29, 1.82) is 0 Å². The van der Waals surface area contributed by atoms with E-state index in [1.807, 2.05) is 0 Å². The van der Waals surface area contributed by atoms with Crippen molar-refractivity contribution in [1.82, 2.24) is 4.98 Å². The number of rotatable bonds is 3. The number of hydrogen-bond acceptors (Lipinski definition) is 5. The summed E-state index contributed by atoms with van der Waals surface area (Å²) in [6.45, 7) is 0.319. The van der Waals surface area contributed by atoms with Crippen LogP contribution in [0, 0.1) is 0 Å². The summed E-state index contributed by atoms with van der Waals surface area (Å²) in [6.07, 6.45) is 1.59. The van der Waals surface area contributed by atoms with E-state index in [-0.39, 0.29) is 5.75 Å². The van der Waals surface area contributed by atoms with Gasteiger partial charge in [-0.15, -0.1) is 0 Å². The molecule has 0 aliphatic heterocycles. The smallest absolute Gasteiger partial charge is 0.161 e. The predicted octanol–water partition coefficient (Wildman–Crippen LogP) is 2.01. The van der Waals surface area contributed by atoms with Gasteiger partial charge >= 0.3 is 0 Å². The van der Waals surface area contributed by atoms with Gasteiger partial charge in [0.25, 0.3) is 0 Å². The topological polar surface area (TPSA) is 68.4 Å². The molecule has 1 aromatic heterocycles. The van der Waals surface area contributed by atoms with E-state index in [0.29, 0.717) is 17.4 Å². The van der Waals surface area contributed by atoms with Gasteiger partial charge in [-0.1, -0.05) is 23.5 Å². The van der Waals surface area contributed by atoms with E-state index in [9.17, 15) is 5.11 Å². The highest BCUT2D eigenvalue weighted by Crippen LogP contribution is 2.26. The van der Waals surface area contributed by atoms with Crippen molar-refractivity contribution in [2.24, 2.45) is 0 Å². The standard InChI is InChI=1S/C10H10N2O2S/c11-9-5-12-10(15-9)6-14-8-4-2-1-3-7(8)13/h1-5,13H,6,11H2. The van der Waals surface area contributed by atoms with E-state index in [0.717, 1.165) is 5.01 Å². The molecule has 0 unspecified atom stereocenters. The Balaban J connectivity index is 2.02. The largest absolute Gasteiger partial charge is 0.504 e.